The number of hydrogen-bond donors (Lipinski definition) is 1. The van der Waals surface area contributed by atoms with Gasteiger partial charge in [-0.05, 0) is 53.4 Å². The van der Waals surface area contributed by atoms with Crippen LogP contribution < -0.4 is 5.32 Å². The van der Waals surface area contributed by atoms with Crippen molar-refractivity contribution in [3.05, 3.63) is 12.2 Å². The molecular weight excluding hydrogens is 464 g/mol. The Kier molecular flexibility index (Phi) is 9.87. The number of rotatable bonds is 14. The first-order valence-electron chi connectivity index (χ1n) is 11.3. The van der Waals surface area contributed by atoms with Crippen molar-refractivity contribution in [1.29, 1.82) is 0 Å². The van der Waals surface area contributed by atoms with Crippen molar-refractivity contribution in [2.45, 2.75) is 82.6 Å². The van der Waals surface area contributed by atoms with Gasteiger partial charge in [0.2, 0.25) is 5.91 Å². The number of hydrogen-bond acceptors (Lipinski definition) is 8. The molecule has 1 heterocycles. The number of imide groups is 1. The van der Waals surface area contributed by atoms with Crippen molar-refractivity contribution < 1.29 is 28.7 Å². The van der Waals surface area contributed by atoms with Crippen molar-refractivity contribution in [3.8, 4) is 0 Å². The van der Waals surface area contributed by atoms with Gasteiger partial charge in [-0.1, -0.05) is 28.0 Å². The first kappa shape index (κ1) is 27.7. The van der Waals surface area contributed by atoms with Gasteiger partial charge in [0, 0.05) is 37.0 Å². The van der Waals surface area contributed by atoms with Crippen LogP contribution in [-0.2, 0) is 28.7 Å². The summed E-state index contributed by atoms with van der Waals surface area (Å²) >= 11 is 0. The predicted octanol–water partition coefficient (Wildman–Crippen LogP) is 3.25. The Morgan fingerprint density at radius 3 is 2.30 bits per heavy atom. The normalized spacial score (nSPS) is 17.8. The topological polar surface area (TPSA) is 102 Å². The molecule has 0 bridgehead atoms. The molecule has 33 heavy (non-hydrogen) atoms. The lowest BCUT2D eigenvalue weighted by molar-refractivity contribution is -0.142. The molecule has 1 aliphatic carbocycles. The average molecular weight is 501 g/mol. The van der Waals surface area contributed by atoms with E-state index in [1.54, 1.807) is 10.8 Å². The van der Waals surface area contributed by atoms with Gasteiger partial charge in [-0.2, -0.15) is 0 Å². The lowest BCUT2D eigenvalue weighted by Crippen LogP contribution is -2.49. The molecule has 0 radical (unpaired) electrons. The Bertz CT molecular complexity index is 759. The van der Waals surface area contributed by atoms with Crippen LogP contribution in [0.2, 0.25) is 0 Å². The van der Waals surface area contributed by atoms with E-state index in [2.05, 4.69) is 19.2 Å². The standard InChI is InChI=1S/C23H36N2O6S2/c1-17(26)30-16-23(9-6-10-23)33-32-14-12-22(4,5)31-13-11-21(2,3)24-18(27)15-25-19(28)7-8-20(25)29/h7-8H,6,9-16H2,1-5H3,(H,24,27). The monoisotopic (exact) mass is 500 g/mol. The molecule has 0 saturated heterocycles. The van der Waals surface area contributed by atoms with Crippen LogP contribution >= 0.6 is 21.6 Å². The van der Waals surface area contributed by atoms with Crippen LogP contribution in [-0.4, -0.2) is 70.0 Å². The molecule has 0 aromatic carbocycles. The van der Waals surface area contributed by atoms with Crippen molar-refractivity contribution in [3.63, 3.8) is 0 Å². The number of amides is 3. The van der Waals surface area contributed by atoms with Gasteiger partial charge >= 0.3 is 5.97 Å². The summed E-state index contributed by atoms with van der Waals surface area (Å²) in [5.74, 6) is -0.620. The highest BCUT2D eigenvalue weighted by Crippen LogP contribution is 2.50. The summed E-state index contributed by atoms with van der Waals surface area (Å²) in [4.78, 5) is 47.5. The summed E-state index contributed by atoms with van der Waals surface area (Å²) in [5, 5.41) is 2.88. The number of nitrogens with one attached hydrogen (secondary N) is 1. The summed E-state index contributed by atoms with van der Waals surface area (Å²) < 4.78 is 11.4. The van der Waals surface area contributed by atoms with E-state index in [-0.39, 0.29) is 28.8 Å². The van der Waals surface area contributed by atoms with Crippen LogP contribution in [0.3, 0.4) is 0 Å². The van der Waals surface area contributed by atoms with Crippen LogP contribution in [0.4, 0.5) is 0 Å². The highest BCUT2D eigenvalue weighted by molar-refractivity contribution is 8.77. The van der Waals surface area contributed by atoms with Gasteiger partial charge in [-0.3, -0.25) is 24.1 Å². The van der Waals surface area contributed by atoms with E-state index in [1.165, 1.54) is 25.5 Å². The molecule has 1 N–H and O–H groups in total. The quantitative estimate of drug-likeness (QED) is 0.168. The Morgan fingerprint density at radius 1 is 1.12 bits per heavy atom. The minimum atomic E-state index is -0.537. The van der Waals surface area contributed by atoms with Gasteiger partial charge in [-0.15, -0.1) is 0 Å². The van der Waals surface area contributed by atoms with E-state index in [9.17, 15) is 19.2 Å². The van der Waals surface area contributed by atoms with Gasteiger partial charge in [0.1, 0.15) is 13.2 Å². The maximum Gasteiger partial charge on any atom is 0.302 e. The van der Waals surface area contributed by atoms with Crippen LogP contribution in [0, 0.1) is 0 Å². The third-order valence-electron chi connectivity index (χ3n) is 5.73. The van der Waals surface area contributed by atoms with E-state index in [0.29, 0.717) is 19.6 Å². The maximum atomic E-state index is 12.3. The third kappa shape index (κ3) is 9.33. The maximum absolute atomic E-state index is 12.3. The molecule has 0 aromatic heterocycles. The Labute approximate surface area is 204 Å². The highest BCUT2D eigenvalue weighted by atomic mass is 33.1. The van der Waals surface area contributed by atoms with E-state index in [4.69, 9.17) is 9.47 Å². The summed E-state index contributed by atoms with van der Waals surface area (Å²) in [6, 6.07) is 0. The second kappa shape index (κ2) is 11.8. The Hall–Kier alpha value is -1.52. The molecule has 8 nitrogen and oxygen atoms in total. The molecule has 186 valence electrons. The van der Waals surface area contributed by atoms with Crippen molar-refractivity contribution in [1.82, 2.24) is 10.2 Å². The van der Waals surface area contributed by atoms with E-state index in [0.717, 1.165) is 29.9 Å². The molecule has 1 saturated carbocycles. The van der Waals surface area contributed by atoms with Crippen LogP contribution in [0.25, 0.3) is 0 Å². The summed E-state index contributed by atoms with van der Waals surface area (Å²) in [5.41, 5.74) is -0.847. The molecule has 10 heteroatoms. The molecule has 0 unspecified atom stereocenters. The van der Waals surface area contributed by atoms with Gasteiger partial charge in [0.15, 0.2) is 0 Å². The molecule has 2 aliphatic rings. The molecule has 0 aromatic rings. The van der Waals surface area contributed by atoms with Crippen LogP contribution in [0.15, 0.2) is 12.2 Å². The Morgan fingerprint density at radius 2 is 1.76 bits per heavy atom. The van der Waals surface area contributed by atoms with E-state index >= 15 is 0 Å². The zero-order chi connectivity index (χ0) is 24.7. The van der Waals surface area contributed by atoms with Crippen LogP contribution in [0.1, 0.15) is 66.7 Å². The zero-order valence-corrected chi connectivity index (χ0v) is 21.9. The van der Waals surface area contributed by atoms with Crippen molar-refractivity contribution in [2.24, 2.45) is 0 Å². The molecule has 0 spiro atoms. The average Bonchev–Trinajstić information content (AvgIpc) is 2.97. The minimum absolute atomic E-state index is 0.0594. The predicted molar refractivity (Wildman–Crippen MR) is 131 cm³/mol. The van der Waals surface area contributed by atoms with E-state index < -0.39 is 17.4 Å². The fourth-order valence-electron chi connectivity index (χ4n) is 3.37. The Balaban J connectivity index is 1.65. The fraction of sp³-hybridized carbons (Fsp3) is 0.739. The number of ether oxygens (including phenoxy) is 2. The second-order valence-corrected chi connectivity index (χ2v) is 12.7. The lowest BCUT2D eigenvalue weighted by atomic mass is 9.85. The molecule has 3 amide bonds. The molecule has 1 fully saturated rings. The summed E-state index contributed by atoms with van der Waals surface area (Å²) in [6.07, 6.45) is 7.13. The minimum Gasteiger partial charge on any atom is -0.464 e. The fourth-order valence-corrected chi connectivity index (χ4v) is 6.74. The van der Waals surface area contributed by atoms with E-state index in [1.807, 2.05) is 24.6 Å². The molecule has 1 aliphatic heterocycles. The summed E-state index contributed by atoms with van der Waals surface area (Å²) in [7, 11) is 3.62. The van der Waals surface area contributed by atoms with Crippen molar-refractivity contribution >= 4 is 45.3 Å². The number of carbonyl (C=O) groups is 4. The van der Waals surface area contributed by atoms with Crippen LogP contribution in [0.5, 0.6) is 0 Å². The zero-order valence-electron chi connectivity index (χ0n) is 20.2. The highest BCUT2D eigenvalue weighted by Gasteiger charge is 2.39. The van der Waals surface area contributed by atoms with Crippen molar-refractivity contribution in [2.75, 3.05) is 25.5 Å². The lowest BCUT2D eigenvalue weighted by Gasteiger charge is -2.40. The third-order valence-corrected chi connectivity index (χ3v) is 9.01. The number of esters is 1. The smallest absolute Gasteiger partial charge is 0.302 e. The first-order chi connectivity index (χ1) is 15.3. The molecule has 2 rings (SSSR count). The second-order valence-electron chi connectivity index (χ2n) is 9.86. The van der Waals surface area contributed by atoms with Gasteiger partial charge in [-0.25, -0.2) is 0 Å². The summed E-state index contributed by atoms with van der Waals surface area (Å²) in [6.45, 7) is 10.0. The number of nitrogens with zero attached hydrogens (tertiary/aromatic N) is 1. The molecular formula is C23H36N2O6S2. The van der Waals surface area contributed by atoms with Gasteiger partial charge in [0.05, 0.1) is 10.3 Å². The van der Waals surface area contributed by atoms with Gasteiger partial charge in [0.25, 0.3) is 11.8 Å². The first-order valence-corrected chi connectivity index (χ1v) is 13.6. The SMILES string of the molecule is CC(=O)OCC1(SSCCC(C)(C)OCCC(C)(C)NC(=O)CN2C(=O)C=CC2=O)CCC1. The van der Waals surface area contributed by atoms with Gasteiger partial charge < -0.3 is 14.8 Å². The largest absolute Gasteiger partial charge is 0.464 e. The molecule has 0 atom stereocenters. The number of carbonyl (C=O) groups excluding carboxylic acids is 4.